The summed E-state index contributed by atoms with van der Waals surface area (Å²) in [6, 6.07) is 9.73. The number of thiazole rings is 1. The lowest BCUT2D eigenvalue weighted by molar-refractivity contribution is 0.0701. The molecule has 0 amide bonds. The number of aromatic nitrogens is 1. The summed E-state index contributed by atoms with van der Waals surface area (Å²) in [5.41, 5.74) is 1.47. The van der Waals surface area contributed by atoms with E-state index in [1.54, 1.807) is 6.92 Å². The Kier molecular flexibility index (Phi) is 4.60. The second-order valence-corrected chi connectivity index (χ2v) is 5.25. The molecule has 20 heavy (non-hydrogen) atoms. The summed E-state index contributed by atoms with van der Waals surface area (Å²) in [6.07, 6.45) is 0. The van der Waals surface area contributed by atoms with Gasteiger partial charge in [-0.05, 0) is 12.5 Å². The largest absolute Gasteiger partial charge is 0.477 e. The van der Waals surface area contributed by atoms with Crippen LogP contribution in [-0.2, 0) is 6.54 Å². The van der Waals surface area contributed by atoms with Crippen molar-refractivity contribution in [2.24, 2.45) is 0 Å². The fraction of sp³-hybridized carbons (Fsp3) is 0.214. The van der Waals surface area contributed by atoms with E-state index in [9.17, 15) is 9.59 Å². The number of carbonyl (C=O) groups is 2. The normalized spacial score (nSPS) is 10.4. The number of carboxylic acids is 1. The molecule has 5 nitrogen and oxygen atoms in total. The lowest BCUT2D eigenvalue weighted by atomic mass is 10.2. The monoisotopic (exact) mass is 290 g/mol. The molecule has 1 aromatic heterocycles. The van der Waals surface area contributed by atoms with Gasteiger partial charge < -0.3 is 10.4 Å². The van der Waals surface area contributed by atoms with Crippen LogP contribution in [0.3, 0.4) is 0 Å². The highest BCUT2D eigenvalue weighted by molar-refractivity contribution is 7.15. The van der Waals surface area contributed by atoms with E-state index >= 15 is 0 Å². The maximum atomic E-state index is 11.9. The third-order valence-corrected chi connectivity index (χ3v) is 3.87. The van der Waals surface area contributed by atoms with Crippen molar-refractivity contribution in [3.63, 3.8) is 0 Å². The maximum absolute atomic E-state index is 11.9. The number of aromatic carboxylic acids is 1. The summed E-state index contributed by atoms with van der Waals surface area (Å²) in [5.74, 6) is -1.24. The number of ketones is 1. The van der Waals surface area contributed by atoms with Crippen molar-refractivity contribution < 1.29 is 14.7 Å². The first-order chi connectivity index (χ1) is 9.58. The van der Waals surface area contributed by atoms with Crippen molar-refractivity contribution in [1.82, 2.24) is 10.3 Å². The number of benzene rings is 1. The minimum absolute atomic E-state index is 0.122. The smallest absolute Gasteiger partial charge is 0.347 e. The van der Waals surface area contributed by atoms with Crippen LogP contribution >= 0.6 is 11.3 Å². The molecular formula is C14H14N2O3S. The number of rotatable bonds is 6. The summed E-state index contributed by atoms with van der Waals surface area (Å²) in [6.45, 7) is 2.32. The van der Waals surface area contributed by atoms with Crippen molar-refractivity contribution in [2.75, 3.05) is 6.54 Å². The first-order valence-electron chi connectivity index (χ1n) is 6.06. The molecule has 0 saturated heterocycles. The van der Waals surface area contributed by atoms with E-state index in [4.69, 9.17) is 5.11 Å². The lowest BCUT2D eigenvalue weighted by Crippen LogP contribution is -2.22. The highest BCUT2D eigenvalue weighted by atomic mass is 32.1. The Morgan fingerprint density at radius 1 is 1.30 bits per heavy atom. The zero-order valence-corrected chi connectivity index (χ0v) is 11.7. The third-order valence-electron chi connectivity index (χ3n) is 2.69. The van der Waals surface area contributed by atoms with Gasteiger partial charge in [0.1, 0.15) is 4.88 Å². The fourth-order valence-electron chi connectivity index (χ4n) is 1.71. The second kappa shape index (κ2) is 6.40. The number of hydrogen-bond donors (Lipinski definition) is 2. The van der Waals surface area contributed by atoms with Crippen LogP contribution in [0.15, 0.2) is 30.3 Å². The van der Waals surface area contributed by atoms with Crippen LogP contribution in [0.5, 0.6) is 0 Å². The molecular weight excluding hydrogens is 276 g/mol. The highest BCUT2D eigenvalue weighted by Crippen LogP contribution is 2.18. The van der Waals surface area contributed by atoms with E-state index < -0.39 is 5.97 Å². The summed E-state index contributed by atoms with van der Waals surface area (Å²) in [7, 11) is 0. The van der Waals surface area contributed by atoms with Crippen molar-refractivity contribution in [3.8, 4) is 0 Å². The van der Waals surface area contributed by atoms with Crippen molar-refractivity contribution in [1.29, 1.82) is 0 Å². The first kappa shape index (κ1) is 14.4. The maximum Gasteiger partial charge on any atom is 0.347 e. The van der Waals surface area contributed by atoms with Crippen LogP contribution in [0.2, 0.25) is 0 Å². The predicted molar refractivity (Wildman–Crippen MR) is 76.3 cm³/mol. The molecule has 2 rings (SSSR count). The highest BCUT2D eigenvalue weighted by Gasteiger charge is 2.18. The Bertz CT molecular complexity index is 623. The standard InChI is InChI=1S/C14H14N2O3S/c1-9-12(14(18)19)20-13(16-9)11(17)8-15-7-10-5-3-2-4-6-10/h2-6,15H,7-8H2,1H3,(H,18,19). The molecule has 2 aromatic rings. The van der Waals surface area contributed by atoms with Gasteiger partial charge in [0.05, 0.1) is 12.2 Å². The number of carboxylic acid groups (broad SMARTS) is 1. The molecule has 1 heterocycles. The van der Waals surface area contributed by atoms with E-state index in [2.05, 4.69) is 10.3 Å². The number of nitrogens with zero attached hydrogens (tertiary/aromatic N) is 1. The van der Waals surface area contributed by atoms with Gasteiger partial charge in [-0.2, -0.15) is 0 Å². The lowest BCUT2D eigenvalue weighted by Gasteiger charge is -2.02. The Balaban J connectivity index is 1.92. The van der Waals surface area contributed by atoms with Gasteiger partial charge in [0.2, 0.25) is 5.78 Å². The van der Waals surface area contributed by atoms with Crippen LogP contribution in [0.4, 0.5) is 0 Å². The zero-order valence-electron chi connectivity index (χ0n) is 10.9. The van der Waals surface area contributed by atoms with Gasteiger partial charge in [-0.1, -0.05) is 30.3 Å². The summed E-state index contributed by atoms with van der Waals surface area (Å²) in [4.78, 5) is 26.9. The van der Waals surface area contributed by atoms with Gasteiger partial charge in [-0.25, -0.2) is 9.78 Å². The number of hydrogen-bond acceptors (Lipinski definition) is 5. The summed E-state index contributed by atoms with van der Waals surface area (Å²) in [5, 5.41) is 12.2. The van der Waals surface area contributed by atoms with Crippen LogP contribution in [0.1, 0.15) is 30.7 Å². The minimum Gasteiger partial charge on any atom is -0.477 e. The van der Waals surface area contributed by atoms with Gasteiger partial charge in [-0.15, -0.1) is 11.3 Å². The van der Waals surface area contributed by atoms with Gasteiger partial charge in [0, 0.05) is 6.54 Å². The molecule has 0 radical (unpaired) electrons. The Morgan fingerprint density at radius 2 is 2.00 bits per heavy atom. The van der Waals surface area contributed by atoms with Crippen molar-refractivity contribution in [3.05, 3.63) is 51.5 Å². The molecule has 0 saturated carbocycles. The van der Waals surface area contributed by atoms with Crippen LogP contribution < -0.4 is 5.32 Å². The van der Waals surface area contributed by atoms with E-state index in [0.717, 1.165) is 16.9 Å². The van der Waals surface area contributed by atoms with Crippen LogP contribution in [0, 0.1) is 6.92 Å². The molecule has 0 aliphatic rings. The molecule has 6 heteroatoms. The molecule has 1 aromatic carbocycles. The van der Waals surface area contributed by atoms with Crippen LogP contribution in [0.25, 0.3) is 0 Å². The summed E-state index contributed by atoms with van der Waals surface area (Å²) < 4.78 is 0. The predicted octanol–water partition coefficient (Wildman–Crippen LogP) is 2.12. The SMILES string of the molecule is Cc1nc(C(=O)CNCc2ccccc2)sc1C(=O)O. The molecule has 0 aliphatic heterocycles. The minimum atomic E-state index is -1.05. The van der Waals surface area contributed by atoms with Gasteiger partial charge in [0.25, 0.3) is 0 Å². The van der Waals surface area contributed by atoms with E-state index in [-0.39, 0.29) is 22.2 Å². The molecule has 0 atom stereocenters. The van der Waals surface area contributed by atoms with Crippen molar-refractivity contribution >= 4 is 23.1 Å². The number of carbonyl (C=O) groups excluding carboxylic acids is 1. The topological polar surface area (TPSA) is 79.3 Å². The molecule has 104 valence electrons. The zero-order chi connectivity index (χ0) is 14.5. The van der Waals surface area contributed by atoms with Gasteiger partial charge in [0.15, 0.2) is 5.01 Å². The number of Topliss-reactive ketones (excluding diaryl/α,β-unsaturated/α-hetero) is 1. The van der Waals surface area contributed by atoms with E-state index in [1.807, 2.05) is 30.3 Å². The number of nitrogens with one attached hydrogen (secondary N) is 1. The Hall–Kier alpha value is -2.05. The number of aryl methyl sites for hydroxylation is 1. The molecule has 0 fully saturated rings. The Labute approximate surface area is 120 Å². The van der Waals surface area contributed by atoms with Gasteiger partial charge >= 0.3 is 5.97 Å². The Morgan fingerprint density at radius 3 is 2.60 bits per heavy atom. The average Bonchev–Trinajstić information content (AvgIpc) is 2.82. The molecule has 0 spiro atoms. The van der Waals surface area contributed by atoms with Crippen LogP contribution in [-0.4, -0.2) is 28.4 Å². The fourth-order valence-corrected chi connectivity index (χ4v) is 2.55. The second-order valence-electron chi connectivity index (χ2n) is 4.25. The first-order valence-corrected chi connectivity index (χ1v) is 6.88. The summed E-state index contributed by atoms with van der Waals surface area (Å²) >= 11 is 0.922. The van der Waals surface area contributed by atoms with E-state index in [1.165, 1.54) is 0 Å². The molecule has 2 N–H and O–H groups in total. The molecule has 0 aliphatic carbocycles. The quantitative estimate of drug-likeness (QED) is 0.797. The van der Waals surface area contributed by atoms with Gasteiger partial charge in [-0.3, -0.25) is 4.79 Å². The van der Waals surface area contributed by atoms with E-state index in [0.29, 0.717) is 12.2 Å². The third kappa shape index (κ3) is 3.49. The molecule has 0 unspecified atom stereocenters. The van der Waals surface area contributed by atoms with Crippen molar-refractivity contribution in [2.45, 2.75) is 13.5 Å². The average molecular weight is 290 g/mol. The molecule has 0 bridgehead atoms.